The minimum Gasteiger partial charge on any atom is -0.393 e. The molecule has 8 atom stereocenters. The first-order valence-corrected chi connectivity index (χ1v) is 9.56. The van der Waals surface area contributed by atoms with Gasteiger partial charge in [-0.15, -0.1) is 0 Å². The van der Waals surface area contributed by atoms with Crippen molar-refractivity contribution >= 4 is 5.78 Å². The van der Waals surface area contributed by atoms with E-state index in [1.54, 1.807) is 0 Å². The van der Waals surface area contributed by atoms with Gasteiger partial charge >= 0.3 is 0 Å². The van der Waals surface area contributed by atoms with Crippen LogP contribution in [0.5, 0.6) is 0 Å². The lowest BCUT2D eigenvalue weighted by Gasteiger charge is -2.62. The van der Waals surface area contributed by atoms with Crippen molar-refractivity contribution in [3.63, 3.8) is 0 Å². The molecule has 4 aliphatic rings. The van der Waals surface area contributed by atoms with Crippen LogP contribution < -0.4 is 0 Å². The Labute approximate surface area is 135 Å². The van der Waals surface area contributed by atoms with Gasteiger partial charge in [0, 0.05) is 12.8 Å². The largest absolute Gasteiger partial charge is 0.393 e. The Balaban J connectivity index is 1.68. The smallest absolute Gasteiger partial charge is 0.133 e. The van der Waals surface area contributed by atoms with Gasteiger partial charge in [-0.3, -0.25) is 4.79 Å². The van der Waals surface area contributed by atoms with Gasteiger partial charge in [-0.05, 0) is 78.9 Å². The molecule has 4 fully saturated rings. The number of hydrogen-bond acceptors (Lipinski definition) is 2. The quantitative estimate of drug-likeness (QED) is 0.728. The molecule has 124 valence electrons. The summed E-state index contributed by atoms with van der Waals surface area (Å²) in [5, 5.41) is 10.5. The van der Waals surface area contributed by atoms with Crippen molar-refractivity contribution in [1.29, 1.82) is 0 Å². The number of hydrogen-bond donors (Lipinski definition) is 1. The molecule has 0 aromatic carbocycles. The van der Waals surface area contributed by atoms with Gasteiger partial charge in [0.25, 0.3) is 0 Å². The Hall–Kier alpha value is -0.370. The number of carbonyl (C=O) groups excluding carboxylic acids is 1. The van der Waals surface area contributed by atoms with Gasteiger partial charge in [0.15, 0.2) is 0 Å². The molecule has 0 heterocycles. The Morgan fingerprint density at radius 3 is 2.55 bits per heavy atom. The zero-order chi connectivity index (χ0) is 15.7. The number of Topliss-reactive ketones (excluding diaryl/α,β-unsaturated/α-hetero) is 1. The number of aliphatic hydroxyl groups excluding tert-OH is 1. The van der Waals surface area contributed by atoms with Crippen molar-refractivity contribution in [2.24, 2.45) is 40.4 Å². The summed E-state index contributed by atoms with van der Waals surface area (Å²) < 4.78 is 0. The molecular formula is C20H32O2. The molecule has 0 unspecified atom stereocenters. The highest BCUT2D eigenvalue weighted by molar-refractivity contribution is 5.79. The molecule has 0 spiro atoms. The van der Waals surface area contributed by atoms with Crippen LogP contribution in [0.25, 0.3) is 0 Å². The molecule has 0 saturated heterocycles. The van der Waals surface area contributed by atoms with E-state index in [9.17, 15) is 9.90 Å². The van der Waals surface area contributed by atoms with Gasteiger partial charge in [0.05, 0.1) is 6.10 Å². The number of ketones is 1. The summed E-state index contributed by atoms with van der Waals surface area (Å²) in [7, 11) is 0. The van der Waals surface area contributed by atoms with Crippen LogP contribution in [-0.4, -0.2) is 17.0 Å². The average molecular weight is 304 g/mol. The predicted molar refractivity (Wildman–Crippen MR) is 87.3 cm³/mol. The molecular weight excluding hydrogens is 272 g/mol. The minimum absolute atomic E-state index is 0.0795. The van der Waals surface area contributed by atoms with Crippen LogP contribution in [0.1, 0.15) is 72.1 Å². The van der Waals surface area contributed by atoms with Crippen LogP contribution in [0.3, 0.4) is 0 Å². The predicted octanol–water partition coefficient (Wildman–Crippen LogP) is 4.21. The third-order valence-electron chi connectivity index (χ3n) is 8.79. The summed E-state index contributed by atoms with van der Waals surface area (Å²) in [5.41, 5.74) is 0.559. The molecule has 0 aliphatic heterocycles. The molecule has 4 saturated carbocycles. The Morgan fingerprint density at radius 1 is 1.05 bits per heavy atom. The first kappa shape index (κ1) is 15.2. The fraction of sp³-hybridized carbons (Fsp3) is 0.950. The molecule has 2 heteroatoms. The van der Waals surface area contributed by atoms with Gasteiger partial charge in [0.2, 0.25) is 0 Å². The third-order valence-corrected chi connectivity index (χ3v) is 8.79. The van der Waals surface area contributed by atoms with Crippen molar-refractivity contribution in [2.75, 3.05) is 0 Å². The molecule has 0 amide bonds. The van der Waals surface area contributed by atoms with Crippen LogP contribution in [0.2, 0.25) is 0 Å². The number of carbonyl (C=O) groups is 1. The average Bonchev–Trinajstić information content (AvgIpc) is 2.77. The number of aliphatic hydroxyl groups is 1. The first-order chi connectivity index (χ1) is 10.4. The maximum atomic E-state index is 12.0. The van der Waals surface area contributed by atoms with E-state index in [2.05, 4.69) is 20.8 Å². The van der Waals surface area contributed by atoms with Crippen molar-refractivity contribution in [3.05, 3.63) is 0 Å². The lowest BCUT2D eigenvalue weighted by Crippen LogP contribution is -2.56. The summed E-state index contributed by atoms with van der Waals surface area (Å²) in [6.45, 7) is 7.30. The molecule has 0 aromatic heterocycles. The van der Waals surface area contributed by atoms with E-state index in [0.29, 0.717) is 23.0 Å². The fourth-order valence-corrected chi connectivity index (χ4v) is 7.40. The van der Waals surface area contributed by atoms with Crippen LogP contribution in [0, 0.1) is 40.4 Å². The summed E-state index contributed by atoms with van der Waals surface area (Å²) in [5.74, 6) is 4.14. The summed E-state index contributed by atoms with van der Waals surface area (Å²) in [6.07, 6.45) is 8.65. The van der Waals surface area contributed by atoms with Gasteiger partial charge in [-0.1, -0.05) is 20.8 Å². The van der Waals surface area contributed by atoms with Gasteiger partial charge in [-0.25, -0.2) is 0 Å². The standard InChI is InChI=1S/C20H32O2/c1-12-10-13-11-14(21)6-8-19(13,2)16-7-9-20(3)15(18(12)16)4-5-17(20)22/h12-13,15-18,22H,4-11H2,1-3H3/t12-,13+,15+,16+,17+,18+,19+,20+/m1/s1. The van der Waals surface area contributed by atoms with Crippen LogP contribution in [-0.2, 0) is 4.79 Å². The molecule has 0 aromatic rings. The molecule has 0 bridgehead atoms. The van der Waals surface area contributed by atoms with Crippen LogP contribution >= 0.6 is 0 Å². The van der Waals surface area contributed by atoms with E-state index in [4.69, 9.17) is 0 Å². The molecule has 4 rings (SSSR count). The zero-order valence-corrected chi connectivity index (χ0v) is 14.5. The van der Waals surface area contributed by atoms with E-state index >= 15 is 0 Å². The fourth-order valence-electron chi connectivity index (χ4n) is 7.40. The van der Waals surface area contributed by atoms with E-state index < -0.39 is 0 Å². The first-order valence-electron chi connectivity index (χ1n) is 9.56. The second-order valence-electron chi connectivity index (χ2n) is 9.59. The number of fused-ring (bicyclic) bond motifs is 5. The number of rotatable bonds is 0. The third kappa shape index (κ3) is 1.85. The molecule has 1 N–H and O–H groups in total. The van der Waals surface area contributed by atoms with Crippen LogP contribution in [0.4, 0.5) is 0 Å². The molecule has 0 radical (unpaired) electrons. The van der Waals surface area contributed by atoms with E-state index in [0.717, 1.165) is 43.4 Å². The Bertz CT molecular complexity index is 486. The SMILES string of the molecule is C[C@@H]1C[C@H]2CC(=O)CC[C@]2(C)[C@H]2CC[C@]3(C)[C@@H](O)CC[C@H]3[C@H]12. The highest BCUT2D eigenvalue weighted by Crippen LogP contribution is 2.67. The monoisotopic (exact) mass is 304 g/mol. The van der Waals surface area contributed by atoms with E-state index in [-0.39, 0.29) is 11.5 Å². The second kappa shape index (κ2) is 4.82. The van der Waals surface area contributed by atoms with Crippen LogP contribution in [0.15, 0.2) is 0 Å². The molecule has 22 heavy (non-hydrogen) atoms. The minimum atomic E-state index is -0.0795. The molecule has 2 nitrogen and oxygen atoms in total. The highest BCUT2D eigenvalue weighted by atomic mass is 16.3. The maximum Gasteiger partial charge on any atom is 0.133 e. The van der Waals surface area contributed by atoms with Crippen molar-refractivity contribution in [3.8, 4) is 0 Å². The van der Waals surface area contributed by atoms with Gasteiger partial charge in [-0.2, -0.15) is 0 Å². The Kier molecular flexibility index (Phi) is 3.32. The van der Waals surface area contributed by atoms with Crippen molar-refractivity contribution < 1.29 is 9.90 Å². The summed E-state index contributed by atoms with van der Waals surface area (Å²) in [4.78, 5) is 12.0. The normalized spacial score (nSPS) is 57.9. The maximum absolute atomic E-state index is 12.0. The summed E-state index contributed by atoms with van der Waals surface area (Å²) >= 11 is 0. The second-order valence-corrected chi connectivity index (χ2v) is 9.59. The topological polar surface area (TPSA) is 37.3 Å². The van der Waals surface area contributed by atoms with Gasteiger partial charge < -0.3 is 5.11 Å². The highest BCUT2D eigenvalue weighted by Gasteiger charge is 2.61. The lowest BCUT2D eigenvalue weighted by molar-refractivity contribution is -0.153. The molecule has 4 aliphatic carbocycles. The van der Waals surface area contributed by atoms with E-state index in [1.807, 2.05) is 0 Å². The van der Waals surface area contributed by atoms with Crippen molar-refractivity contribution in [1.82, 2.24) is 0 Å². The lowest BCUT2D eigenvalue weighted by atomic mass is 9.43. The zero-order valence-electron chi connectivity index (χ0n) is 14.5. The van der Waals surface area contributed by atoms with E-state index in [1.165, 1.54) is 25.7 Å². The Morgan fingerprint density at radius 2 is 1.77 bits per heavy atom. The van der Waals surface area contributed by atoms with Gasteiger partial charge in [0.1, 0.15) is 5.78 Å². The van der Waals surface area contributed by atoms with Crippen molar-refractivity contribution in [2.45, 2.75) is 78.2 Å². The summed E-state index contributed by atoms with van der Waals surface area (Å²) in [6, 6.07) is 0.